The Morgan fingerprint density at radius 1 is 0.956 bits per heavy atom. The Hall–Kier alpha value is -3.07. The summed E-state index contributed by atoms with van der Waals surface area (Å²) < 4.78 is 27.1. The fraction of sp³-hybridized carbons (Fsp3) is 0.429. The van der Waals surface area contributed by atoms with Crippen molar-refractivity contribution in [2.45, 2.75) is 83.8 Å². The van der Waals surface area contributed by atoms with E-state index >= 15 is 0 Å². The van der Waals surface area contributed by atoms with Crippen LogP contribution >= 0.6 is 23.2 Å². The zero-order valence-corrected chi connectivity index (χ0v) is 28.6. The lowest BCUT2D eigenvalue weighted by Gasteiger charge is -2.34. The number of benzene rings is 3. The number of anilines is 1. The molecule has 0 aliphatic heterocycles. The van der Waals surface area contributed by atoms with Crippen LogP contribution in [-0.4, -0.2) is 50.0 Å². The van der Waals surface area contributed by atoms with Crippen LogP contribution in [0.5, 0.6) is 0 Å². The summed E-state index contributed by atoms with van der Waals surface area (Å²) in [7, 11) is -3.61. The summed E-state index contributed by atoms with van der Waals surface area (Å²) in [4.78, 5) is 29.8. The third-order valence-corrected chi connectivity index (χ3v) is 10.3. The first kappa shape index (κ1) is 34.8. The molecule has 0 saturated heterocycles. The highest BCUT2D eigenvalue weighted by Crippen LogP contribution is 2.27. The predicted octanol–water partition coefficient (Wildman–Crippen LogP) is 7.25. The molecule has 1 aliphatic carbocycles. The lowest BCUT2D eigenvalue weighted by atomic mass is 9.94. The molecule has 3 aromatic carbocycles. The maximum absolute atomic E-state index is 14.2. The molecular formula is C35H43Cl2N3O4S. The van der Waals surface area contributed by atoms with Crippen LogP contribution < -0.4 is 9.62 Å². The number of nitrogens with one attached hydrogen (secondary N) is 1. The van der Waals surface area contributed by atoms with Gasteiger partial charge in [0.15, 0.2) is 0 Å². The molecule has 0 bridgehead atoms. The van der Waals surface area contributed by atoms with Crippen molar-refractivity contribution in [1.29, 1.82) is 0 Å². The Labute approximate surface area is 278 Å². The van der Waals surface area contributed by atoms with Gasteiger partial charge in [-0.25, -0.2) is 8.42 Å². The van der Waals surface area contributed by atoms with Crippen molar-refractivity contribution in [3.8, 4) is 0 Å². The van der Waals surface area contributed by atoms with Gasteiger partial charge in [0.25, 0.3) is 0 Å². The number of carbonyl (C=O) groups is 2. The van der Waals surface area contributed by atoms with Gasteiger partial charge in [-0.15, -0.1) is 0 Å². The van der Waals surface area contributed by atoms with E-state index < -0.39 is 16.1 Å². The number of amides is 2. The van der Waals surface area contributed by atoms with Gasteiger partial charge in [-0.1, -0.05) is 91.0 Å². The van der Waals surface area contributed by atoms with Gasteiger partial charge in [0.05, 0.1) is 11.9 Å². The van der Waals surface area contributed by atoms with Crippen LogP contribution in [0.2, 0.25) is 10.0 Å². The SMILES string of the molecule is Cc1cccc(N(CCCC(=O)N(Cc2ccc(Cl)cc2Cl)[C@@H](Cc2ccccc2)C(=O)NC2CCCCC2)S(C)(=O)=O)c1C. The van der Waals surface area contributed by atoms with Crippen LogP contribution in [0.15, 0.2) is 66.7 Å². The van der Waals surface area contributed by atoms with Gasteiger partial charge < -0.3 is 10.2 Å². The van der Waals surface area contributed by atoms with Crippen LogP contribution in [0.4, 0.5) is 5.69 Å². The van der Waals surface area contributed by atoms with Crippen molar-refractivity contribution in [2.24, 2.45) is 0 Å². The topological polar surface area (TPSA) is 86.8 Å². The molecule has 242 valence electrons. The Kier molecular flexibility index (Phi) is 12.3. The molecule has 3 aromatic rings. The van der Waals surface area contributed by atoms with Crippen LogP contribution in [0.25, 0.3) is 0 Å². The second kappa shape index (κ2) is 16.0. The number of aryl methyl sites for hydroxylation is 1. The van der Waals surface area contributed by atoms with E-state index in [0.29, 0.717) is 27.7 Å². The summed E-state index contributed by atoms with van der Waals surface area (Å²) in [5, 5.41) is 4.12. The summed E-state index contributed by atoms with van der Waals surface area (Å²) in [6.45, 7) is 4.07. The van der Waals surface area contributed by atoms with Gasteiger partial charge in [-0.05, 0) is 73.6 Å². The van der Waals surface area contributed by atoms with Crippen LogP contribution in [0.1, 0.15) is 67.2 Å². The standard InChI is InChI=1S/C35H43Cl2N3O4S/c1-25-12-10-17-32(26(25)2)40(45(3,43)44)21-11-18-34(41)39(24-28-19-20-29(36)23-31(28)37)33(22-27-13-6-4-7-14-27)35(42)38-30-15-8-5-9-16-30/h4,6-7,10,12-14,17,19-20,23,30,33H,5,8-9,11,15-16,18,21-22,24H2,1-3H3,(H,38,42)/t33-/m0/s1. The number of rotatable bonds is 13. The molecule has 0 spiro atoms. The Balaban J connectivity index is 1.63. The van der Waals surface area contributed by atoms with E-state index in [1.165, 1.54) is 10.6 Å². The Bertz CT molecular complexity index is 1580. The minimum atomic E-state index is -3.61. The van der Waals surface area contributed by atoms with Crippen LogP contribution in [0, 0.1) is 13.8 Å². The van der Waals surface area contributed by atoms with Gasteiger partial charge in [0.1, 0.15) is 6.04 Å². The lowest BCUT2D eigenvalue weighted by molar-refractivity contribution is -0.141. The van der Waals surface area contributed by atoms with Gasteiger partial charge in [0, 0.05) is 42.0 Å². The summed E-state index contributed by atoms with van der Waals surface area (Å²) in [5.74, 6) is -0.451. The zero-order valence-electron chi connectivity index (χ0n) is 26.3. The van der Waals surface area contributed by atoms with E-state index in [9.17, 15) is 18.0 Å². The van der Waals surface area contributed by atoms with Crippen LogP contribution in [0.3, 0.4) is 0 Å². The molecule has 0 aromatic heterocycles. The van der Waals surface area contributed by atoms with Crippen molar-refractivity contribution in [2.75, 3.05) is 17.1 Å². The van der Waals surface area contributed by atoms with Gasteiger partial charge in [-0.3, -0.25) is 13.9 Å². The number of halogens is 2. The van der Waals surface area contributed by atoms with Crippen LogP contribution in [-0.2, 0) is 32.6 Å². The van der Waals surface area contributed by atoms with E-state index in [4.69, 9.17) is 23.2 Å². The van der Waals surface area contributed by atoms with E-state index in [0.717, 1.165) is 48.8 Å². The third-order valence-electron chi connectivity index (χ3n) is 8.58. The molecule has 7 nitrogen and oxygen atoms in total. The molecule has 4 rings (SSSR count). The van der Waals surface area contributed by atoms with E-state index in [2.05, 4.69) is 5.32 Å². The summed E-state index contributed by atoms with van der Waals surface area (Å²) in [6.07, 6.45) is 6.94. The molecular weight excluding hydrogens is 629 g/mol. The maximum atomic E-state index is 14.2. The average molecular weight is 673 g/mol. The van der Waals surface area contributed by atoms with Crippen molar-refractivity contribution in [3.63, 3.8) is 0 Å². The van der Waals surface area contributed by atoms with E-state index in [-0.39, 0.29) is 43.8 Å². The van der Waals surface area contributed by atoms with Gasteiger partial charge >= 0.3 is 0 Å². The Morgan fingerprint density at radius 3 is 2.33 bits per heavy atom. The van der Waals surface area contributed by atoms with Crippen molar-refractivity contribution >= 4 is 50.7 Å². The van der Waals surface area contributed by atoms with Gasteiger partial charge in [0.2, 0.25) is 21.8 Å². The minimum Gasteiger partial charge on any atom is -0.352 e. The summed E-state index contributed by atoms with van der Waals surface area (Å²) in [6, 6.07) is 19.6. The fourth-order valence-electron chi connectivity index (χ4n) is 5.92. The first-order chi connectivity index (χ1) is 21.4. The Morgan fingerprint density at radius 2 is 1.67 bits per heavy atom. The molecule has 10 heteroatoms. The molecule has 1 N–H and O–H groups in total. The molecule has 0 radical (unpaired) electrons. The number of hydrogen-bond acceptors (Lipinski definition) is 4. The molecule has 1 saturated carbocycles. The van der Waals surface area contributed by atoms with E-state index in [1.54, 1.807) is 29.2 Å². The van der Waals surface area contributed by atoms with Crippen molar-refractivity contribution < 1.29 is 18.0 Å². The highest BCUT2D eigenvalue weighted by Gasteiger charge is 2.32. The number of sulfonamides is 1. The molecule has 2 amide bonds. The lowest BCUT2D eigenvalue weighted by Crippen LogP contribution is -2.53. The summed E-state index contributed by atoms with van der Waals surface area (Å²) in [5.41, 5.74) is 4.06. The minimum absolute atomic E-state index is 0.0457. The smallest absolute Gasteiger partial charge is 0.243 e. The zero-order chi connectivity index (χ0) is 32.6. The number of nitrogens with zero attached hydrogens (tertiary/aromatic N) is 2. The second-order valence-electron chi connectivity index (χ2n) is 12.0. The second-order valence-corrected chi connectivity index (χ2v) is 14.7. The van der Waals surface area contributed by atoms with E-state index in [1.807, 2.05) is 56.3 Å². The number of carbonyl (C=O) groups excluding carboxylic acids is 2. The highest BCUT2D eigenvalue weighted by atomic mass is 35.5. The third kappa shape index (κ3) is 9.71. The molecule has 0 unspecified atom stereocenters. The fourth-order valence-corrected chi connectivity index (χ4v) is 7.40. The largest absolute Gasteiger partial charge is 0.352 e. The molecule has 45 heavy (non-hydrogen) atoms. The first-order valence-corrected chi connectivity index (χ1v) is 18.2. The highest BCUT2D eigenvalue weighted by molar-refractivity contribution is 7.92. The number of hydrogen-bond donors (Lipinski definition) is 1. The van der Waals surface area contributed by atoms with Crippen molar-refractivity contribution in [3.05, 3.63) is 99.0 Å². The maximum Gasteiger partial charge on any atom is 0.243 e. The molecule has 0 heterocycles. The first-order valence-electron chi connectivity index (χ1n) is 15.6. The molecule has 1 fully saturated rings. The average Bonchev–Trinajstić information content (AvgIpc) is 3.00. The van der Waals surface area contributed by atoms with Gasteiger partial charge in [-0.2, -0.15) is 0 Å². The monoisotopic (exact) mass is 671 g/mol. The van der Waals surface area contributed by atoms with Crippen molar-refractivity contribution in [1.82, 2.24) is 10.2 Å². The molecule has 1 atom stereocenters. The quantitative estimate of drug-likeness (QED) is 0.207. The summed E-state index contributed by atoms with van der Waals surface area (Å²) >= 11 is 12.7. The predicted molar refractivity (Wildman–Crippen MR) is 183 cm³/mol. The normalized spacial score (nSPS) is 14.5. The molecule has 1 aliphatic rings.